The van der Waals surface area contributed by atoms with Gasteiger partial charge in [0.15, 0.2) is 0 Å². The number of nitro benzene ring substituents is 1. The number of nitrogens with one attached hydrogen (secondary N) is 2. The normalized spacial score (nSPS) is 14.8. The molecular weight excluding hydrogens is 322 g/mol. The number of nitrogens with zero attached hydrogens (tertiary/aromatic N) is 3. The van der Waals surface area contributed by atoms with Crippen LogP contribution >= 0.6 is 0 Å². The van der Waals surface area contributed by atoms with Crippen LogP contribution in [0.3, 0.4) is 0 Å². The summed E-state index contributed by atoms with van der Waals surface area (Å²) in [5, 5.41) is 26.2. The van der Waals surface area contributed by atoms with Crippen molar-refractivity contribution < 1.29 is 10.0 Å². The van der Waals surface area contributed by atoms with E-state index in [2.05, 4.69) is 20.6 Å². The molecule has 1 aliphatic rings. The second-order valence-electron chi connectivity index (χ2n) is 6.28. The summed E-state index contributed by atoms with van der Waals surface area (Å²) in [5.41, 5.74) is 2.00. The summed E-state index contributed by atoms with van der Waals surface area (Å²) in [6, 6.07) is 8.24. The average molecular weight is 343 g/mol. The van der Waals surface area contributed by atoms with Crippen LogP contribution in [0.4, 0.5) is 17.5 Å². The maximum atomic E-state index is 10.7. The molecule has 1 fully saturated rings. The van der Waals surface area contributed by atoms with E-state index in [-0.39, 0.29) is 18.3 Å². The summed E-state index contributed by atoms with van der Waals surface area (Å²) < 4.78 is 0. The second kappa shape index (κ2) is 7.43. The molecule has 0 radical (unpaired) electrons. The lowest BCUT2D eigenvalue weighted by atomic mass is 10.2. The lowest BCUT2D eigenvalue weighted by Crippen LogP contribution is -2.21. The van der Waals surface area contributed by atoms with Crippen LogP contribution in [0.25, 0.3) is 0 Å². The van der Waals surface area contributed by atoms with Gasteiger partial charge in [-0.15, -0.1) is 0 Å². The van der Waals surface area contributed by atoms with Crippen LogP contribution in [0.1, 0.15) is 36.9 Å². The summed E-state index contributed by atoms with van der Waals surface area (Å²) in [4.78, 5) is 19.2. The number of aromatic nitrogens is 2. The molecule has 132 valence electrons. The Morgan fingerprint density at radius 3 is 2.64 bits per heavy atom. The molecule has 0 bridgehead atoms. The number of aliphatic hydroxyl groups is 1. The van der Waals surface area contributed by atoms with Crippen molar-refractivity contribution in [1.82, 2.24) is 9.97 Å². The number of rotatable bonds is 8. The predicted molar refractivity (Wildman–Crippen MR) is 94.6 cm³/mol. The number of non-ortho nitro benzene ring substituents is 1. The molecular formula is C17H21N5O3. The maximum absolute atomic E-state index is 10.7. The monoisotopic (exact) mass is 343 g/mol. The van der Waals surface area contributed by atoms with E-state index in [4.69, 9.17) is 0 Å². The van der Waals surface area contributed by atoms with Crippen LogP contribution in [-0.2, 0) is 6.54 Å². The van der Waals surface area contributed by atoms with Crippen molar-refractivity contribution in [1.29, 1.82) is 0 Å². The Hall–Kier alpha value is -2.74. The highest BCUT2D eigenvalue weighted by Crippen LogP contribution is 2.39. The zero-order valence-corrected chi connectivity index (χ0v) is 14.0. The van der Waals surface area contributed by atoms with Gasteiger partial charge in [0.05, 0.1) is 17.2 Å². The average Bonchev–Trinajstić information content (AvgIpc) is 3.45. The molecule has 0 amide bonds. The zero-order valence-electron chi connectivity index (χ0n) is 14.0. The summed E-state index contributed by atoms with van der Waals surface area (Å²) >= 11 is 0. The van der Waals surface area contributed by atoms with Crippen molar-refractivity contribution in [3.05, 3.63) is 51.7 Å². The molecule has 1 atom stereocenters. The molecule has 0 spiro atoms. The quantitative estimate of drug-likeness (QED) is 0.499. The van der Waals surface area contributed by atoms with E-state index in [1.165, 1.54) is 12.1 Å². The Labute approximate surface area is 145 Å². The second-order valence-corrected chi connectivity index (χ2v) is 6.28. The van der Waals surface area contributed by atoms with Crippen molar-refractivity contribution in [3.8, 4) is 0 Å². The van der Waals surface area contributed by atoms with Crippen molar-refractivity contribution in [2.75, 3.05) is 17.2 Å². The molecule has 3 rings (SSSR count). The topological polar surface area (TPSA) is 113 Å². The van der Waals surface area contributed by atoms with Gasteiger partial charge in [-0.05, 0) is 25.3 Å². The molecule has 1 saturated carbocycles. The highest BCUT2D eigenvalue weighted by atomic mass is 16.6. The largest absolute Gasteiger partial charge is 0.394 e. The molecule has 8 nitrogen and oxygen atoms in total. The van der Waals surface area contributed by atoms with Gasteiger partial charge in [-0.1, -0.05) is 12.1 Å². The molecule has 1 aliphatic carbocycles. The van der Waals surface area contributed by atoms with Gasteiger partial charge in [0, 0.05) is 36.7 Å². The van der Waals surface area contributed by atoms with Gasteiger partial charge >= 0.3 is 0 Å². The summed E-state index contributed by atoms with van der Waals surface area (Å²) in [6.45, 7) is 2.37. The Bertz CT molecular complexity index is 746. The maximum Gasteiger partial charge on any atom is 0.269 e. The molecule has 3 N–H and O–H groups in total. The van der Waals surface area contributed by atoms with Gasteiger partial charge in [-0.25, -0.2) is 4.98 Å². The Morgan fingerprint density at radius 2 is 2.04 bits per heavy atom. The standard InChI is InChI=1S/C17H21N5O3/c1-11(10-23)19-17-20-15(13-4-5-13)8-16(21-17)18-9-12-2-6-14(7-3-12)22(24)25/h2-3,6-8,11,13,23H,4-5,9-10H2,1H3,(H2,18,19,20,21)/t11-/m1/s1. The molecule has 0 aliphatic heterocycles. The minimum Gasteiger partial charge on any atom is -0.394 e. The van der Waals surface area contributed by atoms with Crippen molar-refractivity contribution >= 4 is 17.5 Å². The van der Waals surface area contributed by atoms with Gasteiger partial charge in [-0.3, -0.25) is 10.1 Å². The number of benzene rings is 1. The molecule has 2 aromatic rings. The highest BCUT2D eigenvalue weighted by molar-refractivity contribution is 5.45. The van der Waals surface area contributed by atoms with Gasteiger partial charge < -0.3 is 15.7 Å². The van der Waals surface area contributed by atoms with Crippen LogP contribution in [0.15, 0.2) is 30.3 Å². The van der Waals surface area contributed by atoms with Gasteiger partial charge in [0.25, 0.3) is 5.69 Å². The third kappa shape index (κ3) is 4.63. The van der Waals surface area contributed by atoms with Crippen molar-refractivity contribution in [2.24, 2.45) is 0 Å². The fourth-order valence-electron chi connectivity index (χ4n) is 2.40. The molecule has 25 heavy (non-hydrogen) atoms. The van der Waals surface area contributed by atoms with Crippen LogP contribution in [0.2, 0.25) is 0 Å². The van der Waals surface area contributed by atoms with Crippen LogP contribution < -0.4 is 10.6 Å². The fraction of sp³-hybridized carbons (Fsp3) is 0.412. The van der Waals surface area contributed by atoms with E-state index in [0.717, 1.165) is 24.1 Å². The Morgan fingerprint density at radius 1 is 1.32 bits per heavy atom. The first-order valence-electron chi connectivity index (χ1n) is 8.28. The smallest absolute Gasteiger partial charge is 0.269 e. The van der Waals surface area contributed by atoms with Crippen LogP contribution in [-0.4, -0.2) is 32.6 Å². The van der Waals surface area contributed by atoms with Crippen LogP contribution in [0.5, 0.6) is 0 Å². The van der Waals surface area contributed by atoms with E-state index in [9.17, 15) is 15.2 Å². The van der Waals surface area contributed by atoms with Gasteiger partial charge in [-0.2, -0.15) is 4.98 Å². The van der Waals surface area contributed by atoms with Crippen molar-refractivity contribution in [2.45, 2.75) is 38.3 Å². The molecule has 0 unspecified atom stereocenters. The summed E-state index contributed by atoms with van der Waals surface area (Å²) in [7, 11) is 0. The minimum atomic E-state index is -0.413. The van der Waals surface area contributed by atoms with E-state index < -0.39 is 4.92 Å². The van der Waals surface area contributed by atoms with Gasteiger partial charge in [0.1, 0.15) is 5.82 Å². The van der Waals surface area contributed by atoms with E-state index in [0.29, 0.717) is 24.2 Å². The number of aliphatic hydroxyl groups excluding tert-OH is 1. The van der Waals surface area contributed by atoms with E-state index >= 15 is 0 Å². The van der Waals surface area contributed by atoms with E-state index in [1.54, 1.807) is 12.1 Å². The minimum absolute atomic E-state index is 0.00255. The number of nitro groups is 1. The third-order valence-electron chi connectivity index (χ3n) is 4.01. The lowest BCUT2D eigenvalue weighted by Gasteiger charge is -2.14. The Balaban J connectivity index is 1.71. The van der Waals surface area contributed by atoms with Crippen molar-refractivity contribution in [3.63, 3.8) is 0 Å². The summed E-state index contributed by atoms with van der Waals surface area (Å²) in [5.74, 6) is 1.67. The molecule has 1 aromatic carbocycles. The molecule has 0 saturated heterocycles. The first-order valence-corrected chi connectivity index (χ1v) is 8.28. The SMILES string of the molecule is C[C@H](CO)Nc1nc(NCc2ccc([N+](=O)[O-])cc2)cc(C2CC2)n1. The first kappa shape index (κ1) is 17.1. The summed E-state index contributed by atoms with van der Waals surface area (Å²) in [6.07, 6.45) is 2.27. The fourth-order valence-corrected chi connectivity index (χ4v) is 2.40. The van der Waals surface area contributed by atoms with E-state index in [1.807, 2.05) is 13.0 Å². The molecule has 8 heteroatoms. The Kier molecular flexibility index (Phi) is 5.08. The molecule has 1 aromatic heterocycles. The number of hydrogen-bond acceptors (Lipinski definition) is 7. The predicted octanol–water partition coefficient (Wildman–Crippen LogP) is 2.67. The highest BCUT2D eigenvalue weighted by Gasteiger charge is 2.26. The molecule has 1 heterocycles. The zero-order chi connectivity index (χ0) is 17.8. The third-order valence-corrected chi connectivity index (χ3v) is 4.01. The number of anilines is 2. The number of hydrogen-bond donors (Lipinski definition) is 3. The lowest BCUT2D eigenvalue weighted by molar-refractivity contribution is -0.384. The first-order chi connectivity index (χ1) is 12.0. The van der Waals surface area contributed by atoms with Gasteiger partial charge in [0.2, 0.25) is 5.95 Å². The van der Waals surface area contributed by atoms with Crippen LogP contribution in [0, 0.1) is 10.1 Å².